The largest absolute Gasteiger partial charge is 0.493 e. The summed E-state index contributed by atoms with van der Waals surface area (Å²) in [5, 5.41) is 0. The molecule has 1 aliphatic carbocycles. The lowest BCUT2D eigenvalue weighted by molar-refractivity contribution is 0.104. The molecule has 2 aliphatic heterocycles. The zero-order chi connectivity index (χ0) is 26.0. The highest BCUT2D eigenvalue weighted by Gasteiger charge is 2.24. The number of benzene rings is 2. The molecule has 7 nitrogen and oxygen atoms in total. The summed E-state index contributed by atoms with van der Waals surface area (Å²) in [5.74, 6) is 2.76. The van der Waals surface area contributed by atoms with E-state index in [0.29, 0.717) is 37.8 Å². The third-order valence-corrected chi connectivity index (χ3v) is 7.33. The molecule has 5 rings (SSSR count). The SMILES string of the molecule is COc1cc(C=NCC2CCCC(CN=CCc3ccc(COCC4CO4)cc3)C2)ccc1OCC1CO1. The van der Waals surface area contributed by atoms with Crippen molar-refractivity contribution in [3.8, 4) is 11.5 Å². The molecule has 0 aromatic heterocycles. The third-order valence-electron chi connectivity index (χ3n) is 7.33. The second kappa shape index (κ2) is 13.9. The number of aliphatic imine (C=N–C) groups is 2. The Morgan fingerprint density at radius 3 is 2.32 bits per heavy atom. The molecule has 38 heavy (non-hydrogen) atoms. The summed E-state index contributed by atoms with van der Waals surface area (Å²) in [6.07, 6.45) is 10.4. The molecule has 1 saturated carbocycles. The monoisotopic (exact) mass is 520 g/mol. The van der Waals surface area contributed by atoms with E-state index in [1.807, 2.05) is 24.4 Å². The van der Waals surface area contributed by atoms with Crippen LogP contribution < -0.4 is 9.47 Å². The first-order valence-electron chi connectivity index (χ1n) is 13.9. The quantitative estimate of drug-likeness (QED) is 0.246. The minimum absolute atomic E-state index is 0.224. The van der Waals surface area contributed by atoms with E-state index in [-0.39, 0.29) is 6.10 Å². The number of ether oxygens (including phenoxy) is 5. The second-order valence-corrected chi connectivity index (χ2v) is 10.6. The van der Waals surface area contributed by atoms with Gasteiger partial charge in [0.15, 0.2) is 11.5 Å². The fourth-order valence-corrected chi connectivity index (χ4v) is 4.91. The van der Waals surface area contributed by atoms with Gasteiger partial charge in [-0.3, -0.25) is 9.98 Å². The van der Waals surface area contributed by atoms with Gasteiger partial charge >= 0.3 is 0 Å². The molecule has 7 heteroatoms. The normalized spacial score (nSPS) is 24.7. The van der Waals surface area contributed by atoms with E-state index in [9.17, 15) is 0 Å². The molecule has 0 amide bonds. The van der Waals surface area contributed by atoms with Gasteiger partial charge in [-0.25, -0.2) is 0 Å². The van der Waals surface area contributed by atoms with Crippen LogP contribution in [-0.4, -0.2) is 71.3 Å². The number of epoxide rings is 2. The van der Waals surface area contributed by atoms with Crippen LogP contribution in [0.2, 0.25) is 0 Å². The summed E-state index contributed by atoms with van der Waals surface area (Å²) in [6.45, 7) is 5.31. The summed E-state index contributed by atoms with van der Waals surface area (Å²) in [6, 6.07) is 14.6. The van der Waals surface area contributed by atoms with Crippen LogP contribution in [0.25, 0.3) is 0 Å². The van der Waals surface area contributed by atoms with Gasteiger partial charge in [-0.2, -0.15) is 0 Å². The smallest absolute Gasteiger partial charge is 0.161 e. The Bertz CT molecular complexity index is 1060. The molecule has 3 aliphatic rings. The van der Waals surface area contributed by atoms with Gasteiger partial charge in [0, 0.05) is 31.9 Å². The Morgan fingerprint density at radius 2 is 1.58 bits per heavy atom. The van der Waals surface area contributed by atoms with Gasteiger partial charge in [0.25, 0.3) is 0 Å². The maximum atomic E-state index is 5.80. The predicted molar refractivity (Wildman–Crippen MR) is 149 cm³/mol. The molecule has 0 spiro atoms. The van der Waals surface area contributed by atoms with Gasteiger partial charge in [0.2, 0.25) is 0 Å². The molecule has 2 aromatic rings. The van der Waals surface area contributed by atoms with Gasteiger partial charge in [-0.05, 0) is 66.0 Å². The highest BCUT2D eigenvalue weighted by molar-refractivity contribution is 5.80. The Kier molecular flexibility index (Phi) is 9.81. The second-order valence-electron chi connectivity index (χ2n) is 10.6. The van der Waals surface area contributed by atoms with Crippen LogP contribution in [0, 0.1) is 11.8 Å². The number of rotatable bonds is 15. The van der Waals surface area contributed by atoms with Gasteiger partial charge < -0.3 is 23.7 Å². The molecule has 2 saturated heterocycles. The van der Waals surface area contributed by atoms with Crippen LogP contribution in [0.15, 0.2) is 52.4 Å². The Labute approximate surface area is 226 Å². The molecule has 3 fully saturated rings. The summed E-state index contributed by atoms with van der Waals surface area (Å²) < 4.78 is 27.3. The van der Waals surface area contributed by atoms with E-state index in [4.69, 9.17) is 33.7 Å². The lowest BCUT2D eigenvalue weighted by Crippen LogP contribution is -2.20. The van der Waals surface area contributed by atoms with Crippen molar-refractivity contribution >= 4 is 12.4 Å². The lowest BCUT2D eigenvalue weighted by Gasteiger charge is -2.27. The molecule has 0 radical (unpaired) electrons. The molecule has 204 valence electrons. The number of hydrogen-bond acceptors (Lipinski definition) is 7. The van der Waals surface area contributed by atoms with Crippen molar-refractivity contribution in [3.05, 3.63) is 59.2 Å². The minimum Gasteiger partial charge on any atom is -0.493 e. The number of methoxy groups -OCH3 is 1. The van der Waals surface area contributed by atoms with Crippen molar-refractivity contribution in [3.63, 3.8) is 0 Å². The predicted octanol–water partition coefficient (Wildman–Crippen LogP) is 4.93. The first-order chi connectivity index (χ1) is 18.7. The van der Waals surface area contributed by atoms with Crippen LogP contribution in [-0.2, 0) is 27.2 Å². The highest BCUT2D eigenvalue weighted by Crippen LogP contribution is 2.30. The molecule has 2 aromatic carbocycles. The number of hydrogen-bond donors (Lipinski definition) is 0. The summed E-state index contributed by atoms with van der Waals surface area (Å²) >= 11 is 0. The van der Waals surface area contributed by atoms with E-state index < -0.39 is 0 Å². The van der Waals surface area contributed by atoms with Crippen molar-refractivity contribution in [2.75, 3.05) is 46.6 Å². The first kappa shape index (κ1) is 26.9. The van der Waals surface area contributed by atoms with Gasteiger partial charge in [0.05, 0.1) is 33.5 Å². The van der Waals surface area contributed by atoms with Crippen LogP contribution in [0.1, 0.15) is 42.4 Å². The van der Waals surface area contributed by atoms with Crippen LogP contribution >= 0.6 is 0 Å². The lowest BCUT2D eigenvalue weighted by atomic mass is 9.81. The molecule has 0 bridgehead atoms. The number of nitrogens with zero attached hydrogens (tertiary/aromatic N) is 2. The van der Waals surface area contributed by atoms with E-state index in [0.717, 1.165) is 49.8 Å². The van der Waals surface area contributed by atoms with Gasteiger partial charge in [0.1, 0.15) is 18.8 Å². The molecular formula is C31H40N2O5. The molecule has 4 atom stereocenters. The fraction of sp³-hybridized carbons (Fsp3) is 0.548. The summed E-state index contributed by atoms with van der Waals surface area (Å²) in [7, 11) is 1.67. The van der Waals surface area contributed by atoms with Crippen molar-refractivity contribution in [2.45, 2.75) is 50.9 Å². The minimum atomic E-state index is 0.224. The van der Waals surface area contributed by atoms with Crippen molar-refractivity contribution in [1.82, 2.24) is 0 Å². The molecule has 4 unspecified atom stereocenters. The van der Waals surface area contributed by atoms with Crippen molar-refractivity contribution < 1.29 is 23.7 Å². The Hall–Kier alpha value is -2.74. The van der Waals surface area contributed by atoms with Gasteiger partial charge in [-0.15, -0.1) is 0 Å². The molecular weight excluding hydrogens is 480 g/mol. The van der Waals surface area contributed by atoms with E-state index in [2.05, 4.69) is 30.5 Å². The van der Waals surface area contributed by atoms with Gasteiger partial charge in [-0.1, -0.05) is 30.7 Å². The van der Waals surface area contributed by atoms with E-state index in [1.54, 1.807) is 7.11 Å². The highest BCUT2D eigenvalue weighted by atomic mass is 16.6. The average Bonchev–Trinajstić information content (AvgIpc) is 3.88. The van der Waals surface area contributed by atoms with Crippen molar-refractivity contribution in [1.29, 1.82) is 0 Å². The van der Waals surface area contributed by atoms with Crippen LogP contribution in [0.5, 0.6) is 11.5 Å². The van der Waals surface area contributed by atoms with E-state index in [1.165, 1.54) is 36.8 Å². The standard InChI is InChI=1S/C31H40N2O5/c1-34-31-14-27(9-10-30(31)38-22-29-21-37-29)17-33-16-26-4-2-3-25(13-26)15-32-12-11-23-5-7-24(8-6-23)18-35-19-28-20-36-28/h5-10,12,14,17,25-26,28-29H,2-4,11,13,15-16,18-22H2,1H3. The first-order valence-corrected chi connectivity index (χ1v) is 13.9. The summed E-state index contributed by atoms with van der Waals surface area (Å²) in [4.78, 5) is 9.54. The van der Waals surface area contributed by atoms with Crippen LogP contribution in [0.3, 0.4) is 0 Å². The van der Waals surface area contributed by atoms with Crippen LogP contribution in [0.4, 0.5) is 0 Å². The maximum absolute atomic E-state index is 5.80. The Morgan fingerprint density at radius 1 is 0.868 bits per heavy atom. The molecule has 0 N–H and O–H groups in total. The third kappa shape index (κ3) is 8.93. The topological polar surface area (TPSA) is 77.5 Å². The van der Waals surface area contributed by atoms with Crippen molar-refractivity contribution in [2.24, 2.45) is 21.8 Å². The zero-order valence-corrected chi connectivity index (χ0v) is 22.4. The molecule has 2 heterocycles. The summed E-state index contributed by atoms with van der Waals surface area (Å²) in [5.41, 5.74) is 3.51. The average molecular weight is 521 g/mol. The Balaban J connectivity index is 1.00. The zero-order valence-electron chi connectivity index (χ0n) is 22.4. The fourth-order valence-electron chi connectivity index (χ4n) is 4.91. The van der Waals surface area contributed by atoms with E-state index >= 15 is 0 Å². The maximum Gasteiger partial charge on any atom is 0.161 e.